The number of aryl methyl sites for hydroxylation is 2. The van der Waals surface area contributed by atoms with Gasteiger partial charge in [0, 0.05) is 12.1 Å². The predicted molar refractivity (Wildman–Crippen MR) is 96.6 cm³/mol. The fourth-order valence-corrected chi connectivity index (χ4v) is 2.26. The smallest absolute Gasteiger partial charge is 0.306 e. The second-order valence-electron chi connectivity index (χ2n) is 5.93. The lowest BCUT2D eigenvalue weighted by atomic mass is 10.1. The maximum absolute atomic E-state index is 13.5. The van der Waals surface area contributed by atoms with Crippen LogP contribution >= 0.6 is 0 Å². The maximum atomic E-state index is 13.5. The lowest BCUT2D eigenvalue weighted by molar-refractivity contribution is -0.153. The molecule has 2 aromatic rings. The molecule has 1 amide bonds. The average molecular weight is 359 g/mol. The molecule has 0 aliphatic carbocycles. The minimum atomic E-state index is -0.970. The summed E-state index contributed by atoms with van der Waals surface area (Å²) in [4.78, 5) is 24.0. The number of anilines is 1. The van der Waals surface area contributed by atoms with Crippen LogP contribution in [0.4, 0.5) is 10.1 Å². The van der Waals surface area contributed by atoms with Crippen LogP contribution in [-0.2, 0) is 20.7 Å². The topological polar surface area (TPSA) is 64.6 Å². The lowest BCUT2D eigenvalue weighted by Gasteiger charge is -2.14. The molecule has 0 aromatic heterocycles. The number of methoxy groups -OCH3 is 1. The van der Waals surface area contributed by atoms with Gasteiger partial charge in [0.05, 0.1) is 7.11 Å². The highest BCUT2D eigenvalue weighted by molar-refractivity contribution is 5.95. The molecular formula is C20H22FNO4. The molecule has 2 aromatic carbocycles. The second-order valence-corrected chi connectivity index (χ2v) is 5.93. The number of hydrogen-bond donors (Lipinski definition) is 1. The van der Waals surface area contributed by atoms with E-state index in [2.05, 4.69) is 5.32 Å². The number of nitrogens with one attached hydrogen (secondary N) is 1. The normalized spacial score (nSPS) is 11.5. The Kier molecular flexibility index (Phi) is 6.72. The van der Waals surface area contributed by atoms with Gasteiger partial charge in [-0.1, -0.05) is 18.2 Å². The molecule has 0 radical (unpaired) electrons. The second kappa shape index (κ2) is 8.99. The van der Waals surface area contributed by atoms with Gasteiger partial charge in [0.15, 0.2) is 6.10 Å². The van der Waals surface area contributed by atoms with Crippen LogP contribution in [0.2, 0.25) is 0 Å². The Morgan fingerprint density at radius 2 is 1.85 bits per heavy atom. The molecule has 1 atom stereocenters. The zero-order valence-corrected chi connectivity index (χ0v) is 15.0. The summed E-state index contributed by atoms with van der Waals surface area (Å²) in [7, 11) is 1.59. The summed E-state index contributed by atoms with van der Waals surface area (Å²) >= 11 is 0. The minimum Gasteiger partial charge on any atom is -0.497 e. The number of ether oxygens (including phenoxy) is 2. The van der Waals surface area contributed by atoms with E-state index in [4.69, 9.17) is 9.47 Å². The van der Waals surface area contributed by atoms with Crippen molar-refractivity contribution < 1.29 is 23.5 Å². The number of halogens is 1. The molecular weight excluding hydrogens is 337 g/mol. The Labute approximate surface area is 152 Å². The van der Waals surface area contributed by atoms with Crippen molar-refractivity contribution in [1.29, 1.82) is 0 Å². The third-order valence-electron chi connectivity index (χ3n) is 3.89. The fourth-order valence-electron chi connectivity index (χ4n) is 2.26. The van der Waals surface area contributed by atoms with E-state index in [0.29, 0.717) is 17.7 Å². The molecule has 26 heavy (non-hydrogen) atoms. The van der Waals surface area contributed by atoms with Crippen molar-refractivity contribution in [1.82, 2.24) is 0 Å². The fraction of sp³-hybridized carbons (Fsp3) is 0.300. The zero-order valence-electron chi connectivity index (χ0n) is 15.0. The molecule has 0 bridgehead atoms. The number of carbonyl (C=O) groups excluding carboxylic acids is 2. The predicted octanol–water partition coefficient (Wildman–Crippen LogP) is 3.65. The molecule has 0 aliphatic heterocycles. The average Bonchev–Trinajstić information content (AvgIpc) is 2.63. The van der Waals surface area contributed by atoms with Gasteiger partial charge in [-0.25, -0.2) is 4.39 Å². The highest BCUT2D eigenvalue weighted by Gasteiger charge is 2.18. The molecule has 0 aliphatic rings. The van der Waals surface area contributed by atoms with Crippen molar-refractivity contribution in [2.24, 2.45) is 0 Å². The van der Waals surface area contributed by atoms with E-state index in [9.17, 15) is 14.0 Å². The number of hydrogen-bond acceptors (Lipinski definition) is 4. The van der Waals surface area contributed by atoms with Gasteiger partial charge < -0.3 is 14.8 Å². The third kappa shape index (κ3) is 5.58. The van der Waals surface area contributed by atoms with Crippen molar-refractivity contribution >= 4 is 17.6 Å². The summed E-state index contributed by atoms with van der Waals surface area (Å²) in [5, 5.41) is 2.53. The van der Waals surface area contributed by atoms with Crippen LogP contribution in [0.25, 0.3) is 0 Å². The molecule has 2 rings (SSSR count). The highest BCUT2D eigenvalue weighted by atomic mass is 19.1. The van der Waals surface area contributed by atoms with Crippen LogP contribution in [0.5, 0.6) is 5.75 Å². The van der Waals surface area contributed by atoms with E-state index in [1.54, 1.807) is 26.2 Å². The largest absolute Gasteiger partial charge is 0.497 e. The first-order valence-electron chi connectivity index (χ1n) is 8.28. The first-order chi connectivity index (χ1) is 12.4. The highest BCUT2D eigenvalue weighted by Crippen LogP contribution is 2.15. The van der Waals surface area contributed by atoms with Gasteiger partial charge in [-0.15, -0.1) is 0 Å². The molecule has 5 nitrogen and oxygen atoms in total. The van der Waals surface area contributed by atoms with Crippen LogP contribution in [-0.4, -0.2) is 25.1 Å². The molecule has 1 N–H and O–H groups in total. The van der Waals surface area contributed by atoms with E-state index < -0.39 is 23.8 Å². The first-order valence-corrected chi connectivity index (χ1v) is 8.28. The Morgan fingerprint density at radius 1 is 1.15 bits per heavy atom. The number of rotatable bonds is 7. The van der Waals surface area contributed by atoms with Crippen LogP contribution in [0.1, 0.15) is 24.5 Å². The van der Waals surface area contributed by atoms with Crippen molar-refractivity contribution in [2.45, 2.75) is 32.8 Å². The Morgan fingerprint density at radius 3 is 2.46 bits per heavy atom. The van der Waals surface area contributed by atoms with Crippen molar-refractivity contribution in [3.8, 4) is 5.75 Å². The van der Waals surface area contributed by atoms with Crippen molar-refractivity contribution in [2.75, 3.05) is 12.4 Å². The van der Waals surface area contributed by atoms with E-state index in [-0.39, 0.29) is 6.42 Å². The Balaban J connectivity index is 1.81. The SMILES string of the molecule is COc1ccc(CCC(=O)O[C@@H](C)C(=O)Nc2ccc(C)c(F)c2)cc1. The molecule has 138 valence electrons. The molecule has 0 unspecified atom stereocenters. The number of carbonyl (C=O) groups is 2. The van der Waals surface area contributed by atoms with Crippen molar-refractivity contribution in [3.63, 3.8) is 0 Å². The van der Waals surface area contributed by atoms with E-state index in [1.807, 2.05) is 24.3 Å². The molecule has 6 heteroatoms. The minimum absolute atomic E-state index is 0.156. The van der Waals surface area contributed by atoms with Gasteiger partial charge in [-0.3, -0.25) is 9.59 Å². The van der Waals surface area contributed by atoms with Gasteiger partial charge in [0.25, 0.3) is 5.91 Å². The zero-order chi connectivity index (χ0) is 19.1. The number of benzene rings is 2. The third-order valence-corrected chi connectivity index (χ3v) is 3.89. The molecule has 0 heterocycles. The first kappa shape index (κ1) is 19.4. The van der Waals surface area contributed by atoms with Gasteiger partial charge >= 0.3 is 5.97 Å². The number of amides is 1. The Bertz CT molecular complexity index is 774. The Hall–Kier alpha value is -2.89. The maximum Gasteiger partial charge on any atom is 0.306 e. The van der Waals surface area contributed by atoms with Crippen LogP contribution < -0.4 is 10.1 Å². The van der Waals surface area contributed by atoms with Crippen LogP contribution in [0.15, 0.2) is 42.5 Å². The summed E-state index contributed by atoms with van der Waals surface area (Å²) in [6.07, 6.45) is -0.313. The van der Waals surface area contributed by atoms with E-state index >= 15 is 0 Å². The summed E-state index contributed by atoms with van der Waals surface area (Å²) in [5.41, 5.74) is 1.77. The monoisotopic (exact) mass is 359 g/mol. The molecule has 0 fully saturated rings. The summed E-state index contributed by atoms with van der Waals surface area (Å²) in [6.45, 7) is 3.11. The van der Waals surface area contributed by atoms with E-state index in [1.165, 1.54) is 13.0 Å². The molecule has 0 saturated heterocycles. The van der Waals surface area contributed by atoms with Crippen molar-refractivity contribution in [3.05, 3.63) is 59.4 Å². The standard InChI is InChI=1S/C20H22FNO4/c1-13-4-8-16(12-18(13)21)22-20(24)14(2)26-19(23)11-7-15-5-9-17(25-3)10-6-15/h4-6,8-10,12,14H,7,11H2,1-3H3,(H,22,24)/t14-/m0/s1. The van der Waals surface area contributed by atoms with Crippen LogP contribution in [0.3, 0.4) is 0 Å². The van der Waals surface area contributed by atoms with Gasteiger partial charge in [0.2, 0.25) is 0 Å². The molecule has 0 saturated carbocycles. The summed E-state index contributed by atoms with van der Waals surface area (Å²) < 4.78 is 23.7. The lowest BCUT2D eigenvalue weighted by Crippen LogP contribution is -2.30. The van der Waals surface area contributed by atoms with E-state index in [0.717, 1.165) is 11.3 Å². The molecule has 0 spiro atoms. The van der Waals surface area contributed by atoms with Gasteiger partial charge in [-0.2, -0.15) is 0 Å². The quantitative estimate of drug-likeness (QED) is 0.767. The number of esters is 1. The van der Waals surface area contributed by atoms with Gasteiger partial charge in [-0.05, 0) is 55.7 Å². The van der Waals surface area contributed by atoms with Gasteiger partial charge in [0.1, 0.15) is 11.6 Å². The summed E-state index contributed by atoms with van der Waals surface area (Å²) in [5.74, 6) is -0.647. The van der Waals surface area contributed by atoms with Crippen LogP contribution in [0, 0.1) is 12.7 Å². The summed E-state index contributed by atoms with van der Waals surface area (Å²) in [6, 6.07) is 11.8.